The SMILES string of the molecule is O=CN(CC1CCOCC1)C(C1CC1)C(O)C(=O)NCC1CC1. The van der Waals surface area contributed by atoms with Crippen LogP contribution in [0.4, 0.5) is 0 Å². The second-order valence-corrected chi connectivity index (χ2v) is 7.32. The van der Waals surface area contributed by atoms with Gasteiger partial charge in [0.2, 0.25) is 6.41 Å². The Hall–Kier alpha value is -1.14. The summed E-state index contributed by atoms with van der Waals surface area (Å²) in [6.45, 7) is 2.72. The number of carbonyl (C=O) groups is 2. The summed E-state index contributed by atoms with van der Waals surface area (Å²) < 4.78 is 5.36. The minimum atomic E-state index is -1.12. The van der Waals surface area contributed by atoms with Crippen LogP contribution in [-0.2, 0) is 14.3 Å². The van der Waals surface area contributed by atoms with E-state index in [1.54, 1.807) is 4.90 Å². The molecule has 1 aliphatic heterocycles. The highest BCUT2D eigenvalue weighted by molar-refractivity contribution is 5.81. The highest BCUT2D eigenvalue weighted by atomic mass is 16.5. The molecule has 0 aromatic heterocycles. The fourth-order valence-corrected chi connectivity index (χ4v) is 3.44. The van der Waals surface area contributed by atoms with Crippen molar-refractivity contribution in [3.05, 3.63) is 0 Å². The first-order chi connectivity index (χ1) is 11.2. The van der Waals surface area contributed by atoms with E-state index in [1.807, 2.05) is 0 Å². The van der Waals surface area contributed by atoms with Gasteiger partial charge in [0.25, 0.3) is 5.91 Å². The average molecular weight is 324 g/mol. The molecule has 0 bridgehead atoms. The van der Waals surface area contributed by atoms with E-state index in [1.165, 1.54) is 0 Å². The van der Waals surface area contributed by atoms with Crippen molar-refractivity contribution in [2.24, 2.45) is 17.8 Å². The van der Waals surface area contributed by atoms with Gasteiger partial charge in [-0.25, -0.2) is 0 Å². The van der Waals surface area contributed by atoms with Crippen molar-refractivity contribution in [2.75, 3.05) is 26.3 Å². The lowest BCUT2D eigenvalue weighted by Crippen LogP contribution is -2.53. The molecule has 23 heavy (non-hydrogen) atoms. The topological polar surface area (TPSA) is 78.9 Å². The van der Waals surface area contributed by atoms with Crippen LogP contribution >= 0.6 is 0 Å². The van der Waals surface area contributed by atoms with Crippen LogP contribution in [0.5, 0.6) is 0 Å². The normalized spacial score (nSPS) is 24.7. The van der Waals surface area contributed by atoms with Gasteiger partial charge in [0.1, 0.15) is 0 Å². The van der Waals surface area contributed by atoms with Gasteiger partial charge >= 0.3 is 0 Å². The first-order valence-electron chi connectivity index (χ1n) is 8.93. The zero-order chi connectivity index (χ0) is 16.2. The second-order valence-electron chi connectivity index (χ2n) is 7.32. The Morgan fingerprint density at radius 2 is 1.87 bits per heavy atom. The third kappa shape index (κ3) is 4.67. The van der Waals surface area contributed by atoms with Crippen LogP contribution in [0.15, 0.2) is 0 Å². The number of hydrogen-bond donors (Lipinski definition) is 2. The molecule has 0 aromatic carbocycles. The monoisotopic (exact) mass is 324 g/mol. The summed E-state index contributed by atoms with van der Waals surface area (Å²) in [4.78, 5) is 25.5. The van der Waals surface area contributed by atoms with Crippen LogP contribution in [0.2, 0.25) is 0 Å². The summed E-state index contributed by atoms with van der Waals surface area (Å²) in [5, 5.41) is 13.4. The lowest BCUT2D eigenvalue weighted by Gasteiger charge is -2.35. The summed E-state index contributed by atoms with van der Waals surface area (Å²) in [6, 6.07) is -0.380. The van der Waals surface area contributed by atoms with Crippen LogP contribution in [0.25, 0.3) is 0 Å². The predicted molar refractivity (Wildman–Crippen MR) is 84.6 cm³/mol. The zero-order valence-corrected chi connectivity index (χ0v) is 13.7. The van der Waals surface area contributed by atoms with Gasteiger partial charge in [0.15, 0.2) is 6.10 Å². The van der Waals surface area contributed by atoms with Gasteiger partial charge in [-0.15, -0.1) is 0 Å². The van der Waals surface area contributed by atoms with Gasteiger partial charge in [-0.1, -0.05) is 0 Å². The van der Waals surface area contributed by atoms with Gasteiger partial charge in [-0.2, -0.15) is 0 Å². The molecule has 130 valence electrons. The van der Waals surface area contributed by atoms with E-state index in [-0.39, 0.29) is 17.9 Å². The minimum absolute atomic E-state index is 0.252. The molecule has 6 heteroatoms. The predicted octanol–water partition coefficient (Wildman–Crippen LogP) is 0.537. The second kappa shape index (κ2) is 7.62. The Labute approximate surface area is 137 Å². The van der Waals surface area contributed by atoms with E-state index in [2.05, 4.69) is 5.32 Å². The minimum Gasteiger partial charge on any atom is -0.381 e. The van der Waals surface area contributed by atoms with Crippen molar-refractivity contribution in [2.45, 2.75) is 50.7 Å². The quantitative estimate of drug-likeness (QED) is 0.607. The molecule has 3 fully saturated rings. The van der Waals surface area contributed by atoms with Crippen molar-refractivity contribution in [3.8, 4) is 0 Å². The van der Waals surface area contributed by atoms with Gasteiger partial charge in [-0.3, -0.25) is 9.59 Å². The Bertz CT molecular complexity index is 417. The number of ether oxygens (including phenoxy) is 1. The highest BCUT2D eigenvalue weighted by Gasteiger charge is 2.43. The summed E-state index contributed by atoms with van der Waals surface area (Å²) in [6.07, 6.45) is 5.85. The van der Waals surface area contributed by atoms with Gasteiger partial charge in [0, 0.05) is 26.3 Å². The Balaban J connectivity index is 1.58. The van der Waals surface area contributed by atoms with Gasteiger partial charge in [0.05, 0.1) is 6.04 Å². The van der Waals surface area contributed by atoms with Gasteiger partial charge < -0.3 is 20.1 Å². The van der Waals surface area contributed by atoms with Crippen molar-refractivity contribution in [1.82, 2.24) is 10.2 Å². The van der Waals surface area contributed by atoms with Crippen molar-refractivity contribution >= 4 is 12.3 Å². The molecule has 2 saturated carbocycles. The molecule has 2 amide bonds. The number of aliphatic hydroxyl groups excluding tert-OH is 1. The first-order valence-corrected chi connectivity index (χ1v) is 8.93. The Morgan fingerprint density at radius 3 is 2.43 bits per heavy atom. The third-order valence-electron chi connectivity index (χ3n) is 5.29. The smallest absolute Gasteiger partial charge is 0.251 e. The number of rotatable bonds is 9. The Morgan fingerprint density at radius 1 is 1.17 bits per heavy atom. The summed E-state index contributed by atoms with van der Waals surface area (Å²) in [5.41, 5.74) is 0. The summed E-state index contributed by atoms with van der Waals surface area (Å²) in [7, 11) is 0. The van der Waals surface area contributed by atoms with Crippen LogP contribution in [-0.4, -0.2) is 60.8 Å². The number of amides is 2. The number of nitrogens with one attached hydrogen (secondary N) is 1. The first kappa shape index (κ1) is 16.7. The van der Waals surface area contributed by atoms with E-state index in [9.17, 15) is 14.7 Å². The number of hydrogen-bond acceptors (Lipinski definition) is 4. The van der Waals surface area contributed by atoms with Crippen LogP contribution in [0.3, 0.4) is 0 Å². The molecule has 0 aromatic rings. The maximum Gasteiger partial charge on any atom is 0.251 e. The molecule has 2 N–H and O–H groups in total. The number of carbonyl (C=O) groups excluding carboxylic acids is 2. The molecule has 2 aliphatic carbocycles. The van der Waals surface area contributed by atoms with E-state index in [4.69, 9.17) is 4.74 Å². The molecule has 0 spiro atoms. The van der Waals surface area contributed by atoms with E-state index in [0.717, 1.165) is 58.1 Å². The molecule has 6 nitrogen and oxygen atoms in total. The molecule has 0 radical (unpaired) electrons. The van der Waals surface area contributed by atoms with E-state index < -0.39 is 6.10 Å². The molecule has 1 saturated heterocycles. The molecular formula is C17H28N2O4. The fourth-order valence-electron chi connectivity index (χ4n) is 3.44. The molecule has 2 atom stereocenters. The van der Waals surface area contributed by atoms with Gasteiger partial charge in [-0.05, 0) is 56.3 Å². The molecule has 3 aliphatic rings. The largest absolute Gasteiger partial charge is 0.381 e. The molecular weight excluding hydrogens is 296 g/mol. The maximum atomic E-state index is 12.2. The van der Waals surface area contributed by atoms with Crippen LogP contribution in [0, 0.1) is 17.8 Å². The van der Waals surface area contributed by atoms with E-state index in [0.29, 0.717) is 24.9 Å². The number of aliphatic hydroxyl groups is 1. The highest BCUT2D eigenvalue weighted by Crippen LogP contribution is 2.37. The third-order valence-corrected chi connectivity index (χ3v) is 5.29. The standard InChI is InChI=1S/C17H28N2O4/c20-11-19(10-13-5-7-23-8-6-13)15(14-3-4-14)16(21)17(22)18-9-12-1-2-12/h11-16,21H,1-10H2,(H,18,22). The molecule has 1 heterocycles. The number of nitrogens with zero attached hydrogens (tertiary/aromatic N) is 1. The zero-order valence-electron chi connectivity index (χ0n) is 13.7. The summed E-state index contributed by atoms with van der Waals surface area (Å²) >= 11 is 0. The van der Waals surface area contributed by atoms with Crippen molar-refractivity contribution < 1.29 is 19.4 Å². The van der Waals surface area contributed by atoms with Crippen molar-refractivity contribution in [3.63, 3.8) is 0 Å². The molecule has 2 unspecified atom stereocenters. The molecule has 3 rings (SSSR count). The van der Waals surface area contributed by atoms with Crippen molar-refractivity contribution in [1.29, 1.82) is 0 Å². The lowest BCUT2D eigenvalue weighted by atomic mass is 9.96. The average Bonchev–Trinajstić information content (AvgIpc) is 3.46. The van der Waals surface area contributed by atoms with E-state index >= 15 is 0 Å². The fraction of sp³-hybridized carbons (Fsp3) is 0.882. The van der Waals surface area contributed by atoms with Crippen LogP contribution < -0.4 is 5.32 Å². The van der Waals surface area contributed by atoms with Crippen LogP contribution in [0.1, 0.15) is 38.5 Å². The summed E-state index contributed by atoms with van der Waals surface area (Å²) in [5.74, 6) is 0.904. The maximum absolute atomic E-state index is 12.2. The lowest BCUT2D eigenvalue weighted by molar-refractivity contribution is -0.137. The Kier molecular flexibility index (Phi) is 5.54.